The number of hydrogen-bond donors (Lipinski definition) is 1. The first kappa shape index (κ1) is 14.1. The van der Waals surface area contributed by atoms with Crippen molar-refractivity contribution < 1.29 is 4.74 Å². The van der Waals surface area contributed by atoms with E-state index in [2.05, 4.69) is 44.3 Å². The first-order valence-corrected chi connectivity index (χ1v) is 7.27. The van der Waals surface area contributed by atoms with Crippen LogP contribution >= 0.6 is 11.3 Å². The average molecular weight is 275 g/mol. The van der Waals surface area contributed by atoms with E-state index in [4.69, 9.17) is 4.74 Å². The SMILES string of the molecule is CNC(c1cc(C)c(C)s1)c1ccc(OC)cc1C. The molecule has 0 spiro atoms. The lowest BCUT2D eigenvalue weighted by molar-refractivity contribution is 0.414. The van der Waals surface area contributed by atoms with E-state index >= 15 is 0 Å². The third-order valence-electron chi connectivity index (χ3n) is 3.55. The number of methoxy groups -OCH3 is 1. The van der Waals surface area contributed by atoms with Crippen LogP contribution in [0.5, 0.6) is 5.75 Å². The molecule has 3 heteroatoms. The highest BCUT2D eigenvalue weighted by Gasteiger charge is 2.17. The zero-order valence-electron chi connectivity index (χ0n) is 12.2. The van der Waals surface area contributed by atoms with E-state index in [0.717, 1.165) is 5.75 Å². The fraction of sp³-hybridized carbons (Fsp3) is 0.375. The van der Waals surface area contributed by atoms with Crippen molar-refractivity contribution in [3.05, 3.63) is 50.7 Å². The van der Waals surface area contributed by atoms with E-state index in [1.165, 1.54) is 26.4 Å². The molecule has 0 aliphatic heterocycles. The third-order valence-corrected chi connectivity index (χ3v) is 4.76. The predicted molar refractivity (Wildman–Crippen MR) is 82.4 cm³/mol. The summed E-state index contributed by atoms with van der Waals surface area (Å²) in [4.78, 5) is 2.76. The maximum atomic E-state index is 5.27. The van der Waals surface area contributed by atoms with Crippen LogP contribution in [0.1, 0.15) is 32.5 Å². The summed E-state index contributed by atoms with van der Waals surface area (Å²) in [6, 6.07) is 8.81. The van der Waals surface area contributed by atoms with Crippen molar-refractivity contribution in [3.63, 3.8) is 0 Å². The third kappa shape index (κ3) is 2.82. The number of thiophene rings is 1. The van der Waals surface area contributed by atoms with Crippen LogP contribution in [-0.4, -0.2) is 14.2 Å². The standard InChI is InChI=1S/C16H21NOS/c1-10-9-15(19-12(10)3)16(17-4)14-7-6-13(18-5)8-11(14)2/h6-9,16-17H,1-5H3. The Balaban J connectivity index is 2.42. The molecular weight excluding hydrogens is 254 g/mol. The molecule has 0 aliphatic carbocycles. The van der Waals surface area contributed by atoms with Gasteiger partial charge in [-0.2, -0.15) is 0 Å². The average Bonchev–Trinajstić information content (AvgIpc) is 2.72. The maximum absolute atomic E-state index is 5.27. The van der Waals surface area contributed by atoms with Gasteiger partial charge in [-0.05, 0) is 62.7 Å². The summed E-state index contributed by atoms with van der Waals surface area (Å²) < 4.78 is 5.27. The van der Waals surface area contributed by atoms with E-state index in [0.29, 0.717) is 0 Å². The molecule has 2 nitrogen and oxygen atoms in total. The summed E-state index contributed by atoms with van der Waals surface area (Å²) in [7, 11) is 3.72. The Morgan fingerprint density at radius 3 is 2.32 bits per heavy atom. The molecule has 1 N–H and O–H groups in total. The van der Waals surface area contributed by atoms with Gasteiger partial charge in [0.15, 0.2) is 0 Å². The minimum Gasteiger partial charge on any atom is -0.497 e. The van der Waals surface area contributed by atoms with Crippen molar-refractivity contribution in [2.75, 3.05) is 14.2 Å². The lowest BCUT2D eigenvalue weighted by atomic mass is 9.99. The topological polar surface area (TPSA) is 21.3 Å². The first-order chi connectivity index (χ1) is 9.06. The molecule has 102 valence electrons. The minimum absolute atomic E-state index is 0.253. The molecular formula is C16H21NOS. The van der Waals surface area contributed by atoms with Crippen LogP contribution in [-0.2, 0) is 0 Å². The van der Waals surface area contributed by atoms with Gasteiger partial charge in [0.1, 0.15) is 5.75 Å². The second kappa shape index (κ2) is 5.76. The number of benzene rings is 1. The number of hydrogen-bond acceptors (Lipinski definition) is 3. The Morgan fingerprint density at radius 2 is 1.84 bits per heavy atom. The summed E-state index contributed by atoms with van der Waals surface area (Å²) in [5.41, 5.74) is 3.93. The van der Waals surface area contributed by atoms with Crippen molar-refractivity contribution in [1.82, 2.24) is 5.32 Å². The number of rotatable bonds is 4. The highest BCUT2D eigenvalue weighted by molar-refractivity contribution is 7.12. The molecule has 0 fully saturated rings. The van der Waals surface area contributed by atoms with Crippen molar-refractivity contribution >= 4 is 11.3 Å². The number of aryl methyl sites for hydroxylation is 3. The van der Waals surface area contributed by atoms with Gasteiger partial charge in [-0.3, -0.25) is 0 Å². The Kier molecular flexibility index (Phi) is 4.27. The Bertz CT molecular complexity index is 555. The molecule has 0 saturated heterocycles. The van der Waals surface area contributed by atoms with Crippen LogP contribution in [0.25, 0.3) is 0 Å². The van der Waals surface area contributed by atoms with Gasteiger partial charge in [0.25, 0.3) is 0 Å². The Morgan fingerprint density at radius 1 is 1.11 bits per heavy atom. The molecule has 2 aromatic rings. The van der Waals surface area contributed by atoms with Gasteiger partial charge in [-0.15, -0.1) is 11.3 Å². The molecule has 1 heterocycles. The van der Waals surface area contributed by atoms with Crippen LogP contribution in [0.3, 0.4) is 0 Å². The van der Waals surface area contributed by atoms with Crippen LogP contribution < -0.4 is 10.1 Å². The Hall–Kier alpha value is -1.32. The highest BCUT2D eigenvalue weighted by atomic mass is 32.1. The normalized spacial score (nSPS) is 12.5. The summed E-state index contributed by atoms with van der Waals surface area (Å²) in [5.74, 6) is 0.912. The van der Waals surface area contributed by atoms with Crippen molar-refractivity contribution in [2.24, 2.45) is 0 Å². The summed E-state index contributed by atoms with van der Waals surface area (Å²) in [6.07, 6.45) is 0. The lowest BCUT2D eigenvalue weighted by Crippen LogP contribution is -2.17. The lowest BCUT2D eigenvalue weighted by Gasteiger charge is -2.18. The molecule has 1 unspecified atom stereocenters. The molecule has 19 heavy (non-hydrogen) atoms. The highest BCUT2D eigenvalue weighted by Crippen LogP contribution is 2.33. The molecule has 2 rings (SSSR count). The van der Waals surface area contributed by atoms with E-state index in [9.17, 15) is 0 Å². The molecule has 1 aromatic carbocycles. The summed E-state index contributed by atoms with van der Waals surface area (Å²) in [6.45, 7) is 6.48. The fourth-order valence-corrected chi connectivity index (χ4v) is 3.47. The first-order valence-electron chi connectivity index (χ1n) is 6.45. The van der Waals surface area contributed by atoms with E-state index in [1.54, 1.807) is 7.11 Å². The largest absolute Gasteiger partial charge is 0.497 e. The molecule has 0 radical (unpaired) electrons. The monoisotopic (exact) mass is 275 g/mol. The van der Waals surface area contributed by atoms with Gasteiger partial charge in [0.05, 0.1) is 13.2 Å². The van der Waals surface area contributed by atoms with Crippen LogP contribution in [0.4, 0.5) is 0 Å². The predicted octanol–water partition coefficient (Wildman–Crippen LogP) is 3.99. The minimum atomic E-state index is 0.253. The molecule has 0 saturated carbocycles. The molecule has 0 aliphatic rings. The number of ether oxygens (including phenoxy) is 1. The van der Waals surface area contributed by atoms with Gasteiger partial charge in [-0.25, -0.2) is 0 Å². The smallest absolute Gasteiger partial charge is 0.119 e. The van der Waals surface area contributed by atoms with Gasteiger partial charge >= 0.3 is 0 Å². The van der Waals surface area contributed by atoms with Gasteiger partial charge in [0.2, 0.25) is 0 Å². The summed E-state index contributed by atoms with van der Waals surface area (Å²) in [5, 5.41) is 3.42. The maximum Gasteiger partial charge on any atom is 0.119 e. The second-order valence-corrected chi connectivity index (χ2v) is 6.12. The molecule has 1 aromatic heterocycles. The van der Waals surface area contributed by atoms with Crippen LogP contribution in [0.2, 0.25) is 0 Å². The van der Waals surface area contributed by atoms with E-state index < -0.39 is 0 Å². The van der Waals surface area contributed by atoms with Crippen molar-refractivity contribution in [1.29, 1.82) is 0 Å². The number of nitrogens with one attached hydrogen (secondary N) is 1. The van der Waals surface area contributed by atoms with Gasteiger partial charge in [-0.1, -0.05) is 6.07 Å². The fourth-order valence-electron chi connectivity index (χ4n) is 2.29. The van der Waals surface area contributed by atoms with Crippen molar-refractivity contribution in [2.45, 2.75) is 26.8 Å². The van der Waals surface area contributed by atoms with Crippen molar-refractivity contribution in [3.8, 4) is 5.75 Å². The quantitative estimate of drug-likeness (QED) is 0.911. The zero-order valence-corrected chi connectivity index (χ0v) is 13.0. The molecule has 0 bridgehead atoms. The molecule has 0 amide bonds. The van der Waals surface area contributed by atoms with Gasteiger partial charge < -0.3 is 10.1 Å². The van der Waals surface area contributed by atoms with Crippen LogP contribution in [0, 0.1) is 20.8 Å². The second-order valence-electron chi connectivity index (χ2n) is 4.83. The van der Waals surface area contributed by atoms with E-state index in [1.807, 2.05) is 24.5 Å². The Labute approximate surface area is 119 Å². The van der Waals surface area contributed by atoms with Gasteiger partial charge in [0, 0.05) is 9.75 Å². The van der Waals surface area contributed by atoms with E-state index in [-0.39, 0.29) is 6.04 Å². The molecule has 1 atom stereocenters. The van der Waals surface area contributed by atoms with Crippen LogP contribution in [0.15, 0.2) is 24.3 Å². The summed E-state index contributed by atoms with van der Waals surface area (Å²) >= 11 is 1.87. The zero-order chi connectivity index (χ0) is 14.0.